The quantitative estimate of drug-likeness (QED) is 0.765. The molecular formula is C12H21N5O2. The fourth-order valence-corrected chi connectivity index (χ4v) is 2.14. The van der Waals surface area contributed by atoms with Crippen LogP contribution in [0.1, 0.15) is 17.3 Å². The van der Waals surface area contributed by atoms with E-state index in [0.717, 1.165) is 32.8 Å². The Kier molecular flexibility index (Phi) is 4.39. The third-order valence-electron chi connectivity index (χ3n) is 3.24. The van der Waals surface area contributed by atoms with E-state index in [1.807, 2.05) is 6.92 Å². The van der Waals surface area contributed by atoms with Crippen LogP contribution in [-0.2, 0) is 11.8 Å². The summed E-state index contributed by atoms with van der Waals surface area (Å²) in [7, 11) is 1.71. The van der Waals surface area contributed by atoms with Gasteiger partial charge in [0.05, 0.1) is 19.4 Å². The van der Waals surface area contributed by atoms with Gasteiger partial charge in [0.2, 0.25) is 0 Å². The lowest BCUT2D eigenvalue weighted by atomic mass is 10.2. The van der Waals surface area contributed by atoms with E-state index in [1.54, 1.807) is 7.05 Å². The number of aryl methyl sites for hydroxylation is 1. The van der Waals surface area contributed by atoms with E-state index in [9.17, 15) is 4.79 Å². The van der Waals surface area contributed by atoms with Crippen molar-refractivity contribution in [2.45, 2.75) is 13.0 Å². The Hall–Kier alpha value is -1.60. The molecule has 106 valence electrons. The van der Waals surface area contributed by atoms with E-state index in [2.05, 4.69) is 15.3 Å². The van der Waals surface area contributed by atoms with Crippen LogP contribution in [0.2, 0.25) is 0 Å². The molecule has 1 atom stereocenters. The largest absolute Gasteiger partial charge is 0.383 e. The summed E-state index contributed by atoms with van der Waals surface area (Å²) in [6.45, 7) is 6.14. The van der Waals surface area contributed by atoms with Crippen LogP contribution < -0.4 is 11.1 Å². The molecule has 0 aliphatic carbocycles. The molecule has 0 radical (unpaired) electrons. The Labute approximate surface area is 112 Å². The van der Waals surface area contributed by atoms with Crippen molar-refractivity contribution in [3.8, 4) is 0 Å². The number of ether oxygens (including phenoxy) is 1. The molecule has 2 heterocycles. The zero-order valence-electron chi connectivity index (χ0n) is 11.4. The predicted molar refractivity (Wildman–Crippen MR) is 71.8 cm³/mol. The number of aromatic nitrogens is 2. The van der Waals surface area contributed by atoms with Crippen molar-refractivity contribution in [1.82, 2.24) is 20.0 Å². The summed E-state index contributed by atoms with van der Waals surface area (Å²) in [5.74, 6) is 0.211. The highest BCUT2D eigenvalue weighted by molar-refractivity contribution is 5.98. The Bertz CT molecular complexity index is 439. The van der Waals surface area contributed by atoms with Crippen molar-refractivity contribution in [1.29, 1.82) is 0 Å². The Morgan fingerprint density at radius 3 is 2.84 bits per heavy atom. The Balaban J connectivity index is 1.86. The van der Waals surface area contributed by atoms with Gasteiger partial charge in [0, 0.05) is 32.7 Å². The van der Waals surface area contributed by atoms with Crippen LogP contribution in [0.4, 0.5) is 5.82 Å². The first-order chi connectivity index (χ1) is 9.08. The molecule has 0 saturated carbocycles. The van der Waals surface area contributed by atoms with Gasteiger partial charge in [-0.25, -0.2) is 0 Å². The second-order valence-electron chi connectivity index (χ2n) is 4.85. The molecule has 1 aliphatic heterocycles. The minimum Gasteiger partial charge on any atom is -0.383 e. The monoisotopic (exact) mass is 267 g/mol. The Morgan fingerprint density at radius 1 is 1.58 bits per heavy atom. The number of anilines is 1. The molecule has 2 rings (SSSR count). The number of nitrogens with one attached hydrogen (secondary N) is 1. The summed E-state index contributed by atoms with van der Waals surface area (Å²) >= 11 is 0. The van der Waals surface area contributed by atoms with Crippen molar-refractivity contribution in [2.24, 2.45) is 7.05 Å². The van der Waals surface area contributed by atoms with E-state index < -0.39 is 0 Å². The molecule has 1 saturated heterocycles. The molecule has 0 bridgehead atoms. The van der Waals surface area contributed by atoms with Crippen molar-refractivity contribution in [3.05, 3.63) is 11.8 Å². The zero-order chi connectivity index (χ0) is 13.8. The third kappa shape index (κ3) is 3.45. The normalized spacial score (nSPS) is 18.2. The van der Waals surface area contributed by atoms with Gasteiger partial charge in [-0.1, -0.05) is 0 Å². The number of carbonyl (C=O) groups is 1. The van der Waals surface area contributed by atoms with Gasteiger partial charge in [0.15, 0.2) is 0 Å². The van der Waals surface area contributed by atoms with Gasteiger partial charge in [-0.05, 0) is 6.92 Å². The summed E-state index contributed by atoms with van der Waals surface area (Å²) in [6.07, 6.45) is 1.49. The number of hydrogen-bond donors (Lipinski definition) is 2. The maximum atomic E-state index is 12.0. The fourth-order valence-electron chi connectivity index (χ4n) is 2.14. The summed E-state index contributed by atoms with van der Waals surface area (Å²) in [4.78, 5) is 14.3. The number of nitrogen functional groups attached to an aromatic ring is 1. The maximum Gasteiger partial charge on any atom is 0.256 e. The molecular weight excluding hydrogens is 246 g/mol. The first-order valence-corrected chi connectivity index (χ1v) is 6.46. The van der Waals surface area contributed by atoms with Crippen LogP contribution in [0.15, 0.2) is 6.20 Å². The lowest BCUT2D eigenvalue weighted by molar-refractivity contribution is 0.0342. The molecule has 1 fully saturated rings. The number of carbonyl (C=O) groups excluding carboxylic acids is 1. The lowest BCUT2D eigenvalue weighted by Gasteiger charge is -2.29. The number of nitrogens with two attached hydrogens (primary N) is 1. The van der Waals surface area contributed by atoms with Crippen LogP contribution in [-0.4, -0.2) is 59.5 Å². The Morgan fingerprint density at radius 2 is 2.26 bits per heavy atom. The van der Waals surface area contributed by atoms with Crippen LogP contribution in [0.5, 0.6) is 0 Å². The second-order valence-corrected chi connectivity index (χ2v) is 4.85. The SMILES string of the molecule is CC(CN1CCOCC1)NC(=O)c1cnn(C)c1N. The van der Waals surface area contributed by atoms with Crippen molar-refractivity contribution in [2.75, 3.05) is 38.6 Å². The van der Waals surface area contributed by atoms with E-state index in [4.69, 9.17) is 10.5 Å². The standard InChI is InChI=1S/C12H21N5O2/c1-9(8-17-3-5-19-6-4-17)15-12(18)10-7-14-16(2)11(10)13/h7,9H,3-6,8,13H2,1-2H3,(H,15,18). The summed E-state index contributed by atoms with van der Waals surface area (Å²) < 4.78 is 6.78. The lowest BCUT2D eigenvalue weighted by Crippen LogP contribution is -2.46. The van der Waals surface area contributed by atoms with Crippen LogP contribution >= 0.6 is 0 Å². The number of hydrogen-bond acceptors (Lipinski definition) is 5. The van der Waals surface area contributed by atoms with Crippen LogP contribution in [0.25, 0.3) is 0 Å². The molecule has 7 nitrogen and oxygen atoms in total. The second kappa shape index (κ2) is 6.03. The zero-order valence-corrected chi connectivity index (χ0v) is 11.4. The number of nitrogens with zero attached hydrogens (tertiary/aromatic N) is 3. The van der Waals surface area contributed by atoms with Crippen LogP contribution in [0.3, 0.4) is 0 Å². The van der Waals surface area contributed by atoms with Gasteiger partial charge in [0.1, 0.15) is 11.4 Å². The van der Waals surface area contributed by atoms with Crippen molar-refractivity contribution < 1.29 is 9.53 Å². The highest BCUT2D eigenvalue weighted by Crippen LogP contribution is 2.09. The topological polar surface area (TPSA) is 85.4 Å². The average Bonchev–Trinajstić information content (AvgIpc) is 2.71. The number of amides is 1. The molecule has 1 amide bonds. The molecule has 0 aromatic carbocycles. The molecule has 7 heteroatoms. The molecule has 1 unspecified atom stereocenters. The highest BCUT2D eigenvalue weighted by Gasteiger charge is 2.18. The number of rotatable bonds is 4. The van der Waals surface area contributed by atoms with Crippen LogP contribution in [0, 0.1) is 0 Å². The van der Waals surface area contributed by atoms with E-state index in [-0.39, 0.29) is 11.9 Å². The molecule has 1 aromatic rings. The predicted octanol–water partition coefficient (Wildman–Crippen LogP) is -0.547. The molecule has 3 N–H and O–H groups in total. The van der Waals surface area contributed by atoms with Gasteiger partial charge < -0.3 is 15.8 Å². The van der Waals surface area contributed by atoms with Crippen molar-refractivity contribution >= 4 is 11.7 Å². The minimum atomic E-state index is -0.175. The first-order valence-electron chi connectivity index (χ1n) is 6.46. The maximum absolute atomic E-state index is 12.0. The molecule has 1 aliphatic rings. The molecule has 0 spiro atoms. The summed E-state index contributed by atoms with van der Waals surface area (Å²) in [5.41, 5.74) is 6.20. The first kappa shape index (κ1) is 13.8. The van der Waals surface area contributed by atoms with Gasteiger partial charge >= 0.3 is 0 Å². The molecule has 1 aromatic heterocycles. The van der Waals surface area contributed by atoms with Crippen molar-refractivity contribution in [3.63, 3.8) is 0 Å². The third-order valence-corrected chi connectivity index (χ3v) is 3.24. The summed E-state index contributed by atoms with van der Waals surface area (Å²) in [5, 5.41) is 6.91. The molecule has 19 heavy (non-hydrogen) atoms. The fraction of sp³-hybridized carbons (Fsp3) is 0.667. The number of morpholine rings is 1. The summed E-state index contributed by atoms with van der Waals surface area (Å²) in [6, 6.07) is 0.0604. The smallest absolute Gasteiger partial charge is 0.256 e. The van der Waals surface area contributed by atoms with E-state index >= 15 is 0 Å². The van der Waals surface area contributed by atoms with E-state index in [0.29, 0.717) is 11.4 Å². The van der Waals surface area contributed by atoms with E-state index in [1.165, 1.54) is 10.9 Å². The highest BCUT2D eigenvalue weighted by atomic mass is 16.5. The average molecular weight is 267 g/mol. The van der Waals surface area contributed by atoms with Gasteiger partial charge in [-0.15, -0.1) is 0 Å². The van der Waals surface area contributed by atoms with Gasteiger partial charge in [0.25, 0.3) is 5.91 Å². The minimum absolute atomic E-state index is 0.0604. The van der Waals surface area contributed by atoms with Gasteiger partial charge in [-0.2, -0.15) is 5.10 Å². The van der Waals surface area contributed by atoms with Gasteiger partial charge in [-0.3, -0.25) is 14.4 Å².